The van der Waals surface area contributed by atoms with E-state index in [9.17, 15) is 13.5 Å². The fourth-order valence-electron chi connectivity index (χ4n) is 1.28. The van der Waals surface area contributed by atoms with Gasteiger partial charge in [-0.25, -0.2) is 8.42 Å². The van der Waals surface area contributed by atoms with Crippen molar-refractivity contribution < 1.29 is 13.5 Å². The van der Waals surface area contributed by atoms with Gasteiger partial charge >= 0.3 is 0 Å². The zero-order valence-electron chi connectivity index (χ0n) is 7.23. The van der Waals surface area contributed by atoms with Gasteiger partial charge in [0.1, 0.15) is 6.23 Å². The Hall–Kier alpha value is -0.130. The second kappa shape index (κ2) is 3.72. The van der Waals surface area contributed by atoms with Gasteiger partial charge in [-0.15, -0.1) is 0 Å². The summed E-state index contributed by atoms with van der Waals surface area (Å²) in [6.07, 6.45) is 0.181. The molecular formula is C7H15NO3S. The molecule has 1 fully saturated rings. The molecule has 0 spiro atoms. The van der Waals surface area contributed by atoms with Gasteiger partial charge in [0.25, 0.3) is 0 Å². The molecule has 0 saturated carbocycles. The van der Waals surface area contributed by atoms with Crippen LogP contribution in [0.5, 0.6) is 0 Å². The van der Waals surface area contributed by atoms with E-state index in [2.05, 4.69) is 0 Å². The summed E-state index contributed by atoms with van der Waals surface area (Å²) in [7, 11) is -2.81. The van der Waals surface area contributed by atoms with Gasteiger partial charge in [-0.05, 0) is 6.42 Å². The molecule has 0 aromatic carbocycles. The first kappa shape index (κ1) is 9.95. The monoisotopic (exact) mass is 193 g/mol. The Kier molecular flexibility index (Phi) is 3.09. The fraction of sp³-hybridized carbons (Fsp3) is 1.00. The first-order valence-corrected chi connectivity index (χ1v) is 6.00. The molecule has 0 aliphatic carbocycles. The first-order valence-electron chi connectivity index (χ1n) is 4.17. The maximum absolute atomic E-state index is 11.0. The van der Waals surface area contributed by atoms with Gasteiger partial charge in [-0.1, -0.05) is 6.92 Å². The average Bonchev–Trinajstić information content (AvgIpc) is 2.03. The van der Waals surface area contributed by atoms with Gasteiger partial charge in [0.05, 0.1) is 11.5 Å². The summed E-state index contributed by atoms with van der Waals surface area (Å²) in [5.41, 5.74) is 0. The molecule has 12 heavy (non-hydrogen) atoms. The molecule has 1 heterocycles. The molecule has 0 radical (unpaired) electrons. The minimum Gasteiger partial charge on any atom is -0.378 e. The predicted octanol–water partition coefficient (Wildman–Crippen LogP) is -0.555. The second-order valence-corrected chi connectivity index (χ2v) is 5.38. The summed E-state index contributed by atoms with van der Waals surface area (Å²) in [6, 6.07) is 0. The Bertz CT molecular complexity index is 223. The highest BCUT2D eigenvalue weighted by atomic mass is 32.2. The molecule has 1 saturated heterocycles. The van der Waals surface area contributed by atoms with Crippen LogP contribution in [0.4, 0.5) is 0 Å². The van der Waals surface area contributed by atoms with Crippen molar-refractivity contribution in [3.63, 3.8) is 0 Å². The van der Waals surface area contributed by atoms with E-state index >= 15 is 0 Å². The van der Waals surface area contributed by atoms with Gasteiger partial charge in [-0.3, -0.25) is 4.90 Å². The number of aliphatic hydroxyl groups is 1. The Labute approximate surface area is 73.1 Å². The lowest BCUT2D eigenvalue weighted by atomic mass is 10.3. The number of hydrogen-bond donors (Lipinski definition) is 1. The van der Waals surface area contributed by atoms with Crippen LogP contribution in [0.25, 0.3) is 0 Å². The smallest absolute Gasteiger partial charge is 0.152 e. The SMILES string of the molecule is CCC(O)N1CCS(=O)(=O)CC1. The van der Waals surface area contributed by atoms with Gasteiger partial charge in [0.15, 0.2) is 9.84 Å². The zero-order valence-corrected chi connectivity index (χ0v) is 8.05. The molecule has 1 aliphatic heterocycles. The summed E-state index contributed by atoms with van der Waals surface area (Å²) in [5, 5.41) is 9.38. The lowest BCUT2D eigenvalue weighted by molar-refractivity contribution is 0.00720. The normalized spacial score (nSPS) is 26.8. The van der Waals surface area contributed by atoms with Crippen molar-refractivity contribution in [3.8, 4) is 0 Å². The summed E-state index contributed by atoms with van der Waals surface area (Å²) < 4.78 is 22.0. The van der Waals surface area contributed by atoms with E-state index in [0.717, 1.165) is 0 Å². The highest BCUT2D eigenvalue weighted by molar-refractivity contribution is 7.91. The van der Waals surface area contributed by atoms with Crippen molar-refractivity contribution in [3.05, 3.63) is 0 Å². The number of aliphatic hydroxyl groups excluding tert-OH is 1. The topological polar surface area (TPSA) is 57.6 Å². The molecule has 72 valence electrons. The van der Waals surface area contributed by atoms with Crippen LogP contribution in [-0.2, 0) is 9.84 Å². The highest BCUT2D eigenvalue weighted by Crippen LogP contribution is 2.07. The van der Waals surface area contributed by atoms with Crippen molar-refractivity contribution in [2.45, 2.75) is 19.6 Å². The third kappa shape index (κ3) is 2.43. The van der Waals surface area contributed by atoms with Crippen molar-refractivity contribution in [2.24, 2.45) is 0 Å². The summed E-state index contributed by atoms with van der Waals surface area (Å²) in [5.74, 6) is 0.369. The lowest BCUT2D eigenvalue weighted by Gasteiger charge is -2.30. The van der Waals surface area contributed by atoms with E-state index < -0.39 is 16.1 Å². The minimum atomic E-state index is -2.81. The molecule has 1 unspecified atom stereocenters. The second-order valence-electron chi connectivity index (χ2n) is 3.08. The molecule has 1 rings (SSSR count). The molecule has 5 heteroatoms. The van der Waals surface area contributed by atoms with E-state index in [4.69, 9.17) is 0 Å². The molecule has 0 aromatic rings. The number of hydrogen-bond acceptors (Lipinski definition) is 4. The standard InChI is InChI=1S/C7H15NO3S/c1-2-7(9)8-3-5-12(10,11)6-4-8/h7,9H,2-6H2,1H3. The highest BCUT2D eigenvalue weighted by Gasteiger charge is 2.24. The molecule has 0 amide bonds. The predicted molar refractivity (Wildman–Crippen MR) is 46.5 cm³/mol. The van der Waals surface area contributed by atoms with Gasteiger partial charge < -0.3 is 5.11 Å². The van der Waals surface area contributed by atoms with Crippen molar-refractivity contribution >= 4 is 9.84 Å². The third-order valence-corrected chi connectivity index (χ3v) is 3.77. The van der Waals surface area contributed by atoms with E-state index in [1.54, 1.807) is 4.90 Å². The Morgan fingerprint density at radius 2 is 1.92 bits per heavy atom. The quantitative estimate of drug-likeness (QED) is 0.639. The van der Waals surface area contributed by atoms with Crippen LogP contribution in [0.1, 0.15) is 13.3 Å². The van der Waals surface area contributed by atoms with Crippen molar-refractivity contribution in [2.75, 3.05) is 24.6 Å². The van der Waals surface area contributed by atoms with Crippen molar-refractivity contribution in [1.82, 2.24) is 4.90 Å². The van der Waals surface area contributed by atoms with E-state index in [0.29, 0.717) is 19.5 Å². The minimum absolute atomic E-state index is 0.185. The first-order chi connectivity index (χ1) is 5.55. The van der Waals surface area contributed by atoms with E-state index in [-0.39, 0.29) is 11.5 Å². The summed E-state index contributed by atoms with van der Waals surface area (Å²) >= 11 is 0. The van der Waals surface area contributed by atoms with Crippen molar-refractivity contribution in [1.29, 1.82) is 0 Å². The molecule has 1 aliphatic rings. The fourth-order valence-corrected chi connectivity index (χ4v) is 2.51. The van der Waals surface area contributed by atoms with Crippen LogP contribution in [-0.4, -0.2) is 49.2 Å². The maximum atomic E-state index is 11.0. The molecule has 0 bridgehead atoms. The number of nitrogens with zero attached hydrogens (tertiary/aromatic N) is 1. The third-order valence-electron chi connectivity index (χ3n) is 2.17. The molecule has 4 nitrogen and oxygen atoms in total. The molecule has 1 atom stereocenters. The number of rotatable bonds is 2. The van der Waals surface area contributed by atoms with Crippen LogP contribution >= 0.6 is 0 Å². The summed E-state index contributed by atoms with van der Waals surface area (Å²) in [6.45, 7) is 2.82. The van der Waals surface area contributed by atoms with Gasteiger partial charge in [0.2, 0.25) is 0 Å². The van der Waals surface area contributed by atoms with Crippen LogP contribution < -0.4 is 0 Å². The van der Waals surface area contributed by atoms with Crippen LogP contribution in [0.3, 0.4) is 0 Å². The van der Waals surface area contributed by atoms with Gasteiger partial charge in [0, 0.05) is 13.1 Å². The Morgan fingerprint density at radius 1 is 1.42 bits per heavy atom. The van der Waals surface area contributed by atoms with Gasteiger partial charge in [-0.2, -0.15) is 0 Å². The maximum Gasteiger partial charge on any atom is 0.152 e. The van der Waals surface area contributed by atoms with Crippen LogP contribution in [0.15, 0.2) is 0 Å². The Balaban J connectivity index is 2.46. The Morgan fingerprint density at radius 3 is 2.33 bits per heavy atom. The van der Waals surface area contributed by atoms with E-state index in [1.165, 1.54) is 0 Å². The van der Waals surface area contributed by atoms with Crippen LogP contribution in [0, 0.1) is 0 Å². The molecule has 0 aromatic heterocycles. The molecule has 1 N–H and O–H groups in total. The zero-order chi connectivity index (χ0) is 9.19. The lowest BCUT2D eigenvalue weighted by Crippen LogP contribution is -2.45. The molecular weight excluding hydrogens is 178 g/mol. The largest absolute Gasteiger partial charge is 0.378 e. The van der Waals surface area contributed by atoms with Crippen LogP contribution in [0.2, 0.25) is 0 Å². The number of sulfone groups is 1. The average molecular weight is 193 g/mol. The summed E-state index contributed by atoms with van der Waals surface area (Å²) in [4.78, 5) is 1.81. The van der Waals surface area contributed by atoms with E-state index in [1.807, 2.05) is 6.92 Å².